The maximum Gasteiger partial charge on any atom is 0.303 e. The third-order valence-electron chi connectivity index (χ3n) is 3.38. The van der Waals surface area contributed by atoms with E-state index < -0.39 is 5.97 Å². The van der Waals surface area contributed by atoms with E-state index in [9.17, 15) is 9.90 Å². The Bertz CT molecular complexity index is 502. The molecule has 0 unspecified atom stereocenters. The largest absolute Gasteiger partial charge is 0.508 e. The lowest BCUT2D eigenvalue weighted by Gasteiger charge is -2.33. The predicted molar refractivity (Wildman–Crippen MR) is 88.2 cm³/mol. The zero-order chi connectivity index (χ0) is 15.7. The molecule has 0 aliphatic heterocycles. The average Bonchev–Trinajstić information content (AvgIpc) is 2.23. The maximum absolute atomic E-state index is 10.8. The number of phenols is 1. The van der Waals surface area contributed by atoms with Crippen LogP contribution >= 0.6 is 0 Å². The molecule has 1 rings (SSSR count). The molecule has 0 saturated heterocycles. The van der Waals surface area contributed by atoms with Crippen LogP contribution in [0.1, 0.15) is 72.1 Å². The van der Waals surface area contributed by atoms with Gasteiger partial charge in [-0.25, -0.2) is 0 Å². The van der Waals surface area contributed by atoms with Gasteiger partial charge in [0.2, 0.25) is 0 Å². The molecule has 0 radical (unpaired) electrons. The van der Waals surface area contributed by atoms with E-state index in [1.807, 2.05) is 6.07 Å². The van der Waals surface area contributed by atoms with Gasteiger partial charge >= 0.3 is 5.97 Å². The first-order chi connectivity index (χ1) is 8.94. The van der Waals surface area contributed by atoms with Crippen LogP contribution in [0.5, 0.6) is 5.75 Å². The van der Waals surface area contributed by atoms with Gasteiger partial charge in [-0.2, -0.15) is 0 Å². The van der Waals surface area contributed by atoms with Crippen LogP contribution in [0.4, 0.5) is 0 Å². The molecule has 0 aromatic heterocycles. The standard InChI is InChI=1S/C17H26O3.CH4/c1-16(2,3)14-11(8-10-13(19)20)7-9-12(18)15(14)17(4,5)6;/h7,9,18H,8,10H2,1-6H3,(H,19,20);1H4. The van der Waals surface area contributed by atoms with E-state index >= 15 is 0 Å². The van der Waals surface area contributed by atoms with Gasteiger partial charge in [-0.15, -0.1) is 0 Å². The number of phenolic OH excluding ortho intramolecular Hbond substituents is 1. The Morgan fingerprint density at radius 1 is 1.00 bits per heavy atom. The van der Waals surface area contributed by atoms with Crippen LogP contribution in [0, 0.1) is 0 Å². The summed E-state index contributed by atoms with van der Waals surface area (Å²) < 4.78 is 0. The second-order valence-electron chi connectivity index (χ2n) is 7.39. The van der Waals surface area contributed by atoms with Crippen molar-refractivity contribution in [1.82, 2.24) is 0 Å². The molecule has 3 heteroatoms. The van der Waals surface area contributed by atoms with Crippen molar-refractivity contribution >= 4 is 5.97 Å². The minimum absolute atomic E-state index is 0. The van der Waals surface area contributed by atoms with Crippen molar-refractivity contribution < 1.29 is 15.0 Å². The fourth-order valence-electron chi connectivity index (χ4n) is 2.70. The van der Waals surface area contributed by atoms with E-state index in [1.165, 1.54) is 0 Å². The summed E-state index contributed by atoms with van der Waals surface area (Å²) in [6.45, 7) is 12.5. The molecule has 0 heterocycles. The highest BCUT2D eigenvalue weighted by Crippen LogP contribution is 2.41. The van der Waals surface area contributed by atoms with Gasteiger partial charge in [0.1, 0.15) is 5.75 Å². The molecule has 1 aromatic carbocycles. The number of carbonyl (C=O) groups is 1. The maximum atomic E-state index is 10.8. The number of carboxylic acid groups (broad SMARTS) is 1. The monoisotopic (exact) mass is 294 g/mol. The molecule has 0 saturated carbocycles. The molecule has 0 spiro atoms. The summed E-state index contributed by atoms with van der Waals surface area (Å²) in [5, 5.41) is 19.2. The number of benzene rings is 1. The SMILES string of the molecule is C.CC(C)(C)c1c(O)ccc(CCC(=O)O)c1C(C)(C)C. The summed E-state index contributed by atoms with van der Waals surface area (Å²) in [6.07, 6.45) is 0.600. The molecule has 0 aliphatic rings. The highest BCUT2D eigenvalue weighted by Gasteiger charge is 2.30. The van der Waals surface area contributed by atoms with Crippen molar-refractivity contribution in [2.75, 3.05) is 0 Å². The van der Waals surface area contributed by atoms with Crippen molar-refractivity contribution in [1.29, 1.82) is 0 Å². The molecule has 3 nitrogen and oxygen atoms in total. The van der Waals surface area contributed by atoms with Crippen molar-refractivity contribution in [3.8, 4) is 5.75 Å². The van der Waals surface area contributed by atoms with Gasteiger partial charge < -0.3 is 10.2 Å². The van der Waals surface area contributed by atoms with Gasteiger partial charge in [0.05, 0.1) is 0 Å². The quantitative estimate of drug-likeness (QED) is 0.853. The highest BCUT2D eigenvalue weighted by atomic mass is 16.4. The fraction of sp³-hybridized carbons (Fsp3) is 0.611. The molecular formula is C18H30O3. The second kappa shape index (κ2) is 6.50. The van der Waals surface area contributed by atoms with Crippen LogP contribution in [0.2, 0.25) is 0 Å². The molecule has 21 heavy (non-hydrogen) atoms. The Morgan fingerprint density at radius 3 is 1.86 bits per heavy atom. The first kappa shape index (κ1) is 19.5. The Labute approximate surface area is 129 Å². The predicted octanol–water partition coefficient (Wildman–Crippen LogP) is 4.64. The van der Waals surface area contributed by atoms with E-state index in [0.29, 0.717) is 12.2 Å². The van der Waals surface area contributed by atoms with E-state index in [-0.39, 0.29) is 24.7 Å². The van der Waals surface area contributed by atoms with Gasteiger partial charge in [-0.3, -0.25) is 4.79 Å². The van der Waals surface area contributed by atoms with E-state index in [0.717, 1.165) is 16.7 Å². The first-order valence-corrected chi connectivity index (χ1v) is 7.02. The summed E-state index contributed by atoms with van der Waals surface area (Å²) in [5.41, 5.74) is 2.68. The smallest absolute Gasteiger partial charge is 0.303 e. The molecule has 0 aliphatic carbocycles. The van der Waals surface area contributed by atoms with Crippen LogP contribution in [0.15, 0.2) is 12.1 Å². The summed E-state index contributed by atoms with van der Waals surface area (Å²) in [4.78, 5) is 10.8. The lowest BCUT2D eigenvalue weighted by molar-refractivity contribution is -0.136. The Morgan fingerprint density at radius 2 is 1.48 bits per heavy atom. The van der Waals surface area contributed by atoms with Crippen molar-refractivity contribution in [3.05, 3.63) is 28.8 Å². The number of aryl methyl sites for hydroxylation is 1. The fourth-order valence-corrected chi connectivity index (χ4v) is 2.70. The minimum Gasteiger partial charge on any atom is -0.508 e. The van der Waals surface area contributed by atoms with Gasteiger partial charge in [0.15, 0.2) is 0 Å². The molecule has 0 fully saturated rings. The van der Waals surface area contributed by atoms with E-state index in [4.69, 9.17) is 5.11 Å². The normalized spacial score (nSPS) is 11.9. The minimum atomic E-state index is -0.796. The van der Waals surface area contributed by atoms with E-state index in [2.05, 4.69) is 41.5 Å². The molecule has 1 aromatic rings. The molecule has 0 amide bonds. The van der Waals surface area contributed by atoms with E-state index in [1.54, 1.807) is 6.07 Å². The number of hydrogen-bond acceptors (Lipinski definition) is 2. The van der Waals surface area contributed by atoms with Crippen LogP contribution in [-0.2, 0) is 22.0 Å². The third-order valence-corrected chi connectivity index (χ3v) is 3.38. The van der Waals surface area contributed by atoms with Gasteiger partial charge in [0.25, 0.3) is 0 Å². The molecule has 120 valence electrons. The second-order valence-corrected chi connectivity index (χ2v) is 7.39. The lowest BCUT2D eigenvalue weighted by Crippen LogP contribution is -2.24. The zero-order valence-corrected chi connectivity index (χ0v) is 13.4. The summed E-state index contributed by atoms with van der Waals surface area (Å²) in [6, 6.07) is 3.54. The Kier molecular flexibility index (Phi) is 6.04. The van der Waals surface area contributed by atoms with Crippen molar-refractivity contribution in [2.24, 2.45) is 0 Å². The third kappa shape index (κ3) is 4.76. The number of hydrogen-bond donors (Lipinski definition) is 2. The van der Waals surface area contributed by atoms with Crippen LogP contribution in [-0.4, -0.2) is 16.2 Å². The van der Waals surface area contributed by atoms with Crippen LogP contribution in [0.3, 0.4) is 0 Å². The van der Waals surface area contributed by atoms with Gasteiger partial charge in [0, 0.05) is 12.0 Å². The van der Waals surface area contributed by atoms with Gasteiger partial charge in [-0.1, -0.05) is 55.0 Å². The number of rotatable bonds is 3. The Balaban J connectivity index is 0.00000400. The molecule has 2 N–H and O–H groups in total. The van der Waals surface area contributed by atoms with Crippen LogP contribution in [0.25, 0.3) is 0 Å². The molecular weight excluding hydrogens is 264 g/mol. The number of aromatic hydroxyl groups is 1. The highest BCUT2D eigenvalue weighted by molar-refractivity contribution is 5.67. The summed E-state index contributed by atoms with van der Waals surface area (Å²) >= 11 is 0. The summed E-state index contributed by atoms with van der Waals surface area (Å²) in [7, 11) is 0. The first-order valence-electron chi connectivity index (χ1n) is 7.02. The van der Waals surface area contributed by atoms with Gasteiger partial charge in [-0.05, 0) is 34.4 Å². The topological polar surface area (TPSA) is 57.5 Å². The zero-order valence-electron chi connectivity index (χ0n) is 13.4. The molecule has 0 bridgehead atoms. The van der Waals surface area contributed by atoms with Crippen LogP contribution < -0.4 is 0 Å². The Hall–Kier alpha value is -1.51. The average molecular weight is 294 g/mol. The summed E-state index contributed by atoms with van der Waals surface area (Å²) in [5.74, 6) is -0.503. The van der Waals surface area contributed by atoms with Crippen molar-refractivity contribution in [3.63, 3.8) is 0 Å². The number of aliphatic carboxylic acids is 1. The lowest BCUT2D eigenvalue weighted by atomic mass is 9.72. The molecule has 0 atom stereocenters. The number of carboxylic acids is 1. The van der Waals surface area contributed by atoms with Crippen molar-refractivity contribution in [2.45, 2.75) is 72.6 Å².